The summed E-state index contributed by atoms with van der Waals surface area (Å²) in [5.74, 6) is 0.511. The molecule has 3 aliphatic rings. The Morgan fingerprint density at radius 3 is 2.88 bits per heavy atom. The number of nitrogens with one attached hydrogen (secondary N) is 2. The van der Waals surface area contributed by atoms with Crippen LogP contribution < -0.4 is 20.1 Å². The quantitative estimate of drug-likeness (QED) is 0.704. The first-order valence-electron chi connectivity index (χ1n) is 10.8. The van der Waals surface area contributed by atoms with Crippen LogP contribution in [0.2, 0.25) is 0 Å². The van der Waals surface area contributed by atoms with Crippen molar-refractivity contribution in [1.82, 2.24) is 15.5 Å². The number of nitrogens with zero attached hydrogens (tertiary/aromatic N) is 1. The van der Waals surface area contributed by atoms with Crippen LogP contribution in [0.4, 0.5) is 4.79 Å². The number of hydrogen-bond acceptors (Lipinski definition) is 5. The first-order valence-corrected chi connectivity index (χ1v) is 10.8. The summed E-state index contributed by atoms with van der Waals surface area (Å²) in [5, 5.41) is 5.76. The third-order valence-corrected chi connectivity index (χ3v) is 6.35. The molecule has 8 heteroatoms. The molecule has 0 radical (unpaired) electrons. The molecule has 2 heterocycles. The lowest BCUT2D eigenvalue weighted by atomic mass is 9.88. The molecule has 0 spiro atoms. The highest BCUT2D eigenvalue weighted by atomic mass is 16.7. The van der Waals surface area contributed by atoms with Crippen molar-refractivity contribution in [3.63, 3.8) is 0 Å². The molecule has 2 N–H and O–H groups in total. The number of benzene rings is 2. The number of aryl methyl sites for hydroxylation is 1. The zero-order chi connectivity index (χ0) is 22.3. The van der Waals surface area contributed by atoms with E-state index in [0.717, 1.165) is 35.3 Å². The number of amides is 4. The van der Waals surface area contributed by atoms with Crippen LogP contribution in [0.3, 0.4) is 0 Å². The molecule has 5 rings (SSSR count). The first-order chi connectivity index (χ1) is 15.4. The van der Waals surface area contributed by atoms with Gasteiger partial charge in [0.2, 0.25) is 12.7 Å². The van der Waals surface area contributed by atoms with Crippen molar-refractivity contribution in [2.24, 2.45) is 0 Å². The number of fused-ring (bicyclic) bond motifs is 2. The summed E-state index contributed by atoms with van der Waals surface area (Å²) in [5.41, 5.74) is 2.03. The Bertz CT molecular complexity index is 1100. The second-order valence-electron chi connectivity index (χ2n) is 8.73. The van der Waals surface area contributed by atoms with E-state index in [1.807, 2.05) is 30.3 Å². The van der Waals surface area contributed by atoms with Gasteiger partial charge in [0.1, 0.15) is 12.1 Å². The molecule has 1 aliphatic carbocycles. The lowest BCUT2D eigenvalue weighted by molar-refractivity contribution is -0.134. The number of carbonyl (C=O) groups is 3. The van der Waals surface area contributed by atoms with E-state index in [0.29, 0.717) is 11.5 Å². The van der Waals surface area contributed by atoms with E-state index in [1.54, 1.807) is 13.0 Å². The molecule has 0 saturated carbocycles. The van der Waals surface area contributed by atoms with Crippen LogP contribution in [0.1, 0.15) is 42.5 Å². The van der Waals surface area contributed by atoms with Gasteiger partial charge in [0.05, 0.1) is 6.04 Å². The summed E-state index contributed by atoms with van der Waals surface area (Å²) in [6, 6.07) is 12.8. The van der Waals surface area contributed by atoms with Gasteiger partial charge in [-0.25, -0.2) is 4.79 Å². The van der Waals surface area contributed by atoms with Gasteiger partial charge in [-0.2, -0.15) is 0 Å². The van der Waals surface area contributed by atoms with Gasteiger partial charge in [-0.05, 0) is 55.0 Å². The van der Waals surface area contributed by atoms with Crippen molar-refractivity contribution in [1.29, 1.82) is 0 Å². The third kappa shape index (κ3) is 3.66. The SMILES string of the molecule is C[C@]1(Cc2ccc3c(c2)OCO3)NC(=O)N(CC(=O)N[C@@H]2CCCc3ccccc32)C1=O. The maximum atomic E-state index is 13.1. The fourth-order valence-electron chi connectivity index (χ4n) is 4.76. The zero-order valence-electron chi connectivity index (χ0n) is 17.8. The van der Waals surface area contributed by atoms with Crippen molar-refractivity contribution in [2.45, 2.75) is 44.2 Å². The topological polar surface area (TPSA) is 97.0 Å². The van der Waals surface area contributed by atoms with Crippen LogP contribution in [0.5, 0.6) is 11.5 Å². The highest BCUT2D eigenvalue weighted by molar-refractivity contribution is 6.09. The average Bonchev–Trinajstić information content (AvgIpc) is 3.32. The zero-order valence-corrected chi connectivity index (χ0v) is 17.8. The number of carbonyl (C=O) groups excluding carboxylic acids is 3. The van der Waals surface area contributed by atoms with Crippen LogP contribution in [0.15, 0.2) is 42.5 Å². The van der Waals surface area contributed by atoms with E-state index in [9.17, 15) is 14.4 Å². The third-order valence-electron chi connectivity index (χ3n) is 6.35. The van der Waals surface area contributed by atoms with Crippen molar-refractivity contribution >= 4 is 17.8 Å². The van der Waals surface area contributed by atoms with Crippen LogP contribution in [0, 0.1) is 0 Å². The van der Waals surface area contributed by atoms with E-state index in [1.165, 1.54) is 5.56 Å². The molecule has 2 aromatic rings. The highest BCUT2D eigenvalue weighted by Crippen LogP contribution is 2.34. The molecule has 0 unspecified atom stereocenters. The second kappa shape index (κ2) is 7.85. The number of urea groups is 1. The predicted octanol–water partition coefficient (Wildman–Crippen LogP) is 2.46. The Balaban J connectivity index is 1.25. The first kappa shape index (κ1) is 20.4. The fraction of sp³-hybridized carbons (Fsp3) is 0.375. The van der Waals surface area contributed by atoms with E-state index in [2.05, 4.69) is 16.7 Å². The minimum atomic E-state index is -1.14. The van der Waals surface area contributed by atoms with Crippen LogP contribution >= 0.6 is 0 Å². The molecule has 2 atom stereocenters. The molecular formula is C24H25N3O5. The minimum absolute atomic E-state index is 0.103. The standard InChI is InChI=1S/C24H25N3O5/c1-24(12-15-9-10-19-20(11-15)32-14-31-19)22(29)27(23(30)26-24)13-21(28)25-18-8-4-6-16-5-2-3-7-17(16)18/h2-3,5,7,9-11,18H,4,6,8,12-14H2,1H3,(H,25,28)(H,26,30)/t18-,24-/m1/s1. The number of hydrogen-bond donors (Lipinski definition) is 2. The fourth-order valence-corrected chi connectivity index (χ4v) is 4.76. The normalized spacial score (nSPS) is 23.7. The van der Waals surface area contributed by atoms with E-state index < -0.39 is 17.5 Å². The smallest absolute Gasteiger partial charge is 0.325 e. The Labute approximate surface area is 185 Å². The van der Waals surface area contributed by atoms with Crippen molar-refractivity contribution in [3.8, 4) is 11.5 Å². The molecule has 166 valence electrons. The maximum absolute atomic E-state index is 13.1. The van der Waals surface area contributed by atoms with Gasteiger partial charge < -0.3 is 20.1 Å². The summed E-state index contributed by atoms with van der Waals surface area (Å²) in [6.07, 6.45) is 3.10. The summed E-state index contributed by atoms with van der Waals surface area (Å²) < 4.78 is 10.7. The Morgan fingerprint density at radius 2 is 2.00 bits per heavy atom. The van der Waals surface area contributed by atoms with Gasteiger partial charge in [-0.3, -0.25) is 14.5 Å². The van der Waals surface area contributed by atoms with Gasteiger partial charge in [0.25, 0.3) is 5.91 Å². The number of imide groups is 1. The predicted molar refractivity (Wildman–Crippen MR) is 115 cm³/mol. The summed E-state index contributed by atoms with van der Waals surface area (Å²) >= 11 is 0. The molecular weight excluding hydrogens is 410 g/mol. The summed E-state index contributed by atoms with van der Waals surface area (Å²) in [7, 11) is 0. The van der Waals surface area contributed by atoms with Gasteiger partial charge >= 0.3 is 6.03 Å². The number of ether oxygens (including phenoxy) is 2. The Morgan fingerprint density at radius 1 is 1.19 bits per heavy atom. The molecule has 8 nitrogen and oxygen atoms in total. The molecule has 0 bridgehead atoms. The molecule has 4 amide bonds. The van der Waals surface area contributed by atoms with Gasteiger partial charge in [0.15, 0.2) is 11.5 Å². The Hall–Kier alpha value is -3.55. The van der Waals surface area contributed by atoms with E-state index in [-0.39, 0.29) is 31.7 Å². The lowest BCUT2D eigenvalue weighted by Gasteiger charge is -2.27. The van der Waals surface area contributed by atoms with Crippen LogP contribution in [-0.4, -0.2) is 41.6 Å². The van der Waals surface area contributed by atoms with Crippen molar-refractivity contribution in [3.05, 3.63) is 59.2 Å². The largest absolute Gasteiger partial charge is 0.454 e. The minimum Gasteiger partial charge on any atom is -0.454 e. The maximum Gasteiger partial charge on any atom is 0.325 e. The van der Waals surface area contributed by atoms with E-state index >= 15 is 0 Å². The van der Waals surface area contributed by atoms with Crippen LogP contribution in [-0.2, 0) is 22.4 Å². The molecule has 32 heavy (non-hydrogen) atoms. The van der Waals surface area contributed by atoms with Gasteiger partial charge in [-0.15, -0.1) is 0 Å². The monoisotopic (exact) mass is 435 g/mol. The van der Waals surface area contributed by atoms with Crippen LogP contribution in [0.25, 0.3) is 0 Å². The summed E-state index contributed by atoms with van der Waals surface area (Å²) in [4.78, 5) is 39.4. The lowest BCUT2D eigenvalue weighted by Crippen LogP contribution is -2.47. The average molecular weight is 435 g/mol. The Kier molecular flexibility index (Phi) is 5.00. The number of rotatable bonds is 5. The highest BCUT2D eigenvalue weighted by Gasteiger charge is 2.48. The molecule has 1 fully saturated rings. The molecule has 0 aromatic heterocycles. The van der Waals surface area contributed by atoms with Crippen molar-refractivity contribution in [2.75, 3.05) is 13.3 Å². The molecule has 1 saturated heterocycles. The van der Waals surface area contributed by atoms with E-state index in [4.69, 9.17) is 9.47 Å². The van der Waals surface area contributed by atoms with Crippen molar-refractivity contribution < 1.29 is 23.9 Å². The van der Waals surface area contributed by atoms with Gasteiger partial charge in [-0.1, -0.05) is 30.3 Å². The second-order valence-corrected chi connectivity index (χ2v) is 8.73. The van der Waals surface area contributed by atoms with Gasteiger partial charge in [0, 0.05) is 6.42 Å². The molecule has 2 aliphatic heterocycles. The summed E-state index contributed by atoms with van der Waals surface area (Å²) in [6.45, 7) is 1.53. The molecule has 2 aromatic carbocycles.